The summed E-state index contributed by atoms with van der Waals surface area (Å²) in [6.45, 7) is 4.26. The maximum absolute atomic E-state index is 12.5. The van der Waals surface area contributed by atoms with E-state index in [2.05, 4.69) is 20.4 Å². The molecule has 1 unspecified atom stereocenters. The number of aliphatic hydroxyl groups is 1. The van der Waals surface area contributed by atoms with Crippen LogP contribution in [0.15, 0.2) is 29.6 Å². The first-order valence-corrected chi connectivity index (χ1v) is 10.5. The normalized spacial score (nSPS) is 11.9. The Morgan fingerprint density at radius 1 is 1.22 bits per heavy atom. The highest BCUT2D eigenvalue weighted by Crippen LogP contribution is 2.25. The van der Waals surface area contributed by atoms with Crippen LogP contribution in [0.25, 0.3) is 10.6 Å². The highest BCUT2D eigenvalue weighted by Gasteiger charge is 2.23. The summed E-state index contributed by atoms with van der Waals surface area (Å²) in [6.07, 6.45) is 0. The molecule has 1 aromatic carbocycles. The average Bonchev–Trinajstić information content (AvgIpc) is 3.24. The van der Waals surface area contributed by atoms with E-state index in [4.69, 9.17) is 4.74 Å². The van der Waals surface area contributed by atoms with E-state index < -0.39 is 48.5 Å². The number of amides is 2. The molecule has 0 spiro atoms. The van der Waals surface area contributed by atoms with Gasteiger partial charge in [0.2, 0.25) is 5.91 Å². The maximum Gasteiger partial charge on any atom is 0.338 e. The molecular weight excluding hydrogens is 438 g/mol. The van der Waals surface area contributed by atoms with E-state index in [0.29, 0.717) is 16.1 Å². The number of thiazole rings is 1. The predicted molar refractivity (Wildman–Crippen MR) is 116 cm³/mol. The molecule has 11 heteroatoms. The topological polar surface area (TPSA) is 144 Å². The van der Waals surface area contributed by atoms with Crippen molar-refractivity contribution in [3.63, 3.8) is 0 Å². The van der Waals surface area contributed by atoms with Crippen LogP contribution in [0.2, 0.25) is 0 Å². The summed E-state index contributed by atoms with van der Waals surface area (Å²) < 4.78 is 9.78. The largest absolute Gasteiger partial charge is 0.468 e. The molecule has 0 bridgehead atoms. The molecule has 2 rings (SSSR count). The molecule has 1 atom stereocenters. The van der Waals surface area contributed by atoms with Crippen molar-refractivity contribution in [1.29, 1.82) is 0 Å². The van der Waals surface area contributed by atoms with E-state index in [1.165, 1.54) is 23.8 Å². The second kappa shape index (κ2) is 10.8. The number of nitrogens with zero attached hydrogens (tertiary/aromatic N) is 1. The Bertz CT molecular complexity index is 997. The monoisotopic (exact) mass is 463 g/mol. The minimum Gasteiger partial charge on any atom is -0.468 e. The van der Waals surface area contributed by atoms with E-state index >= 15 is 0 Å². The minimum absolute atomic E-state index is 0.0342. The number of nitrogens with one attached hydrogen (secondary N) is 2. The highest BCUT2D eigenvalue weighted by molar-refractivity contribution is 7.13. The van der Waals surface area contributed by atoms with Gasteiger partial charge in [-0.1, -0.05) is 12.1 Å². The first-order valence-electron chi connectivity index (χ1n) is 9.59. The van der Waals surface area contributed by atoms with Gasteiger partial charge in [0.1, 0.15) is 28.9 Å². The van der Waals surface area contributed by atoms with E-state index in [1.54, 1.807) is 45.0 Å². The number of hydrogen-bond acceptors (Lipinski definition) is 9. The van der Waals surface area contributed by atoms with Gasteiger partial charge in [0.05, 0.1) is 19.3 Å². The van der Waals surface area contributed by atoms with Gasteiger partial charge in [-0.3, -0.25) is 14.4 Å². The number of carbonyl (C=O) groups is 4. The van der Waals surface area contributed by atoms with E-state index in [9.17, 15) is 24.3 Å². The lowest BCUT2D eigenvalue weighted by Gasteiger charge is -2.19. The Kier molecular flexibility index (Phi) is 8.44. The Hall–Kier alpha value is -3.31. The minimum atomic E-state index is -1.27. The quantitative estimate of drug-likeness (QED) is 0.495. The number of ether oxygens (including phenoxy) is 2. The fourth-order valence-corrected chi connectivity index (χ4v) is 3.20. The molecule has 2 aromatic rings. The first kappa shape index (κ1) is 25.0. The molecule has 3 N–H and O–H groups in total. The Morgan fingerprint density at radius 2 is 1.94 bits per heavy atom. The zero-order chi connectivity index (χ0) is 23.9. The molecule has 32 heavy (non-hydrogen) atoms. The zero-order valence-corrected chi connectivity index (χ0v) is 18.9. The molecule has 2 amide bonds. The number of hydrogen-bond donors (Lipinski definition) is 3. The summed E-state index contributed by atoms with van der Waals surface area (Å²) in [5.41, 5.74) is 0.367. The third kappa shape index (κ3) is 7.13. The summed E-state index contributed by atoms with van der Waals surface area (Å²) >= 11 is 1.18. The van der Waals surface area contributed by atoms with Crippen LogP contribution in [0.3, 0.4) is 0 Å². The number of esters is 2. The number of methoxy groups -OCH3 is 1. The number of aliphatic hydroxyl groups excluding tert-OH is 1. The summed E-state index contributed by atoms with van der Waals surface area (Å²) in [7, 11) is 1.17. The maximum atomic E-state index is 12.5. The molecule has 0 saturated carbocycles. The van der Waals surface area contributed by atoms with E-state index in [1.807, 2.05) is 0 Å². The zero-order valence-electron chi connectivity index (χ0n) is 18.1. The second-order valence-corrected chi connectivity index (χ2v) is 8.48. The van der Waals surface area contributed by atoms with Crippen LogP contribution in [0, 0.1) is 0 Å². The molecule has 1 aromatic heterocycles. The molecule has 0 radical (unpaired) electrons. The van der Waals surface area contributed by atoms with Gasteiger partial charge in [-0.05, 0) is 32.9 Å². The number of benzene rings is 1. The summed E-state index contributed by atoms with van der Waals surface area (Å²) in [6, 6.07) is 5.39. The summed E-state index contributed by atoms with van der Waals surface area (Å²) in [5, 5.41) is 16.0. The Labute approximate surface area is 188 Å². The molecule has 172 valence electrons. The number of aromatic nitrogens is 1. The molecule has 0 aliphatic carbocycles. The SMILES string of the molecule is COC(=O)CNC(=O)C(CO)NC(=O)c1csc(-c2cccc(C(=O)OC(C)(C)C)c2)n1. The van der Waals surface area contributed by atoms with Gasteiger partial charge in [0, 0.05) is 10.9 Å². The van der Waals surface area contributed by atoms with Gasteiger partial charge >= 0.3 is 11.9 Å². The molecular formula is C21H25N3O7S. The van der Waals surface area contributed by atoms with Crippen LogP contribution in [-0.2, 0) is 19.1 Å². The molecule has 1 heterocycles. The van der Waals surface area contributed by atoms with Crippen LogP contribution < -0.4 is 10.6 Å². The van der Waals surface area contributed by atoms with Crippen molar-refractivity contribution in [2.75, 3.05) is 20.3 Å². The van der Waals surface area contributed by atoms with Crippen molar-refractivity contribution < 1.29 is 33.8 Å². The lowest BCUT2D eigenvalue weighted by atomic mass is 10.1. The van der Waals surface area contributed by atoms with Crippen molar-refractivity contribution in [3.8, 4) is 10.6 Å². The van der Waals surface area contributed by atoms with Gasteiger partial charge < -0.3 is 25.2 Å². The fraction of sp³-hybridized carbons (Fsp3) is 0.381. The number of carbonyl (C=O) groups excluding carboxylic acids is 4. The summed E-state index contributed by atoms with van der Waals surface area (Å²) in [5.74, 6) is -2.56. The standard InChI is InChI=1S/C21H25N3O7S/c1-21(2,3)31-20(29)13-7-5-6-12(8-13)19-24-15(11-32-19)18(28)23-14(10-25)17(27)22-9-16(26)30-4/h5-8,11,14,25H,9-10H2,1-4H3,(H,22,27)(H,23,28). The van der Waals surface area contributed by atoms with Crippen LogP contribution in [0.5, 0.6) is 0 Å². The van der Waals surface area contributed by atoms with Gasteiger partial charge in [-0.2, -0.15) is 0 Å². The van der Waals surface area contributed by atoms with E-state index in [-0.39, 0.29) is 5.69 Å². The third-order valence-corrected chi connectivity index (χ3v) is 4.81. The van der Waals surface area contributed by atoms with Gasteiger partial charge in [0.25, 0.3) is 5.91 Å². The van der Waals surface area contributed by atoms with Crippen molar-refractivity contribution >= 4 is 35.1 Å². The summed E-state index contributed by atoms with van der Waals surface area (Å²) in [4.78, 5) is 52.2. The molecule has 0 fully saturated rings. The molecule has 0 aliphatic rings. The molecule has 0 aliphatic heterocycles. The molecule has 0 saturated heterocycles. The highest BCUT2D eigenvalue weighted by atomic mass is 32.1. The Morgan fingerprint density at radius 3 is 2.56 bits per heavy atom. The van der Waals surface area contributed by atoms with Crippen molar-refractivity contribution in [3.05, 3.63) is 40.9 Å². The fourth-order valence-electron chi connectivity index (χ4n) is 2.41. The Balaban J connectivity index is 2.09. The lowest BCUT2D eigenvalue weighted by molar-refractivity contribution is -0.141. The first-order chi connectivity index (χ1) is 15.0. The van der Waals surface area contributed by atoms with Crippen LogP contribution in [0.4, 0.5) is 0 Å². The van der Waals surface area contributed by atoms with Crippen molar-refractivity contribution in [2.45, 2.75) is 32.4 Å². The van der Waals surface area contributed by atoms with Crippen LogP contribution in [0.1, 0.15) is 41.6 Å². The van der Waals surface area contributed by atoms with Crippen molar-refractivity contribution in [1.82, 2.24) is 15.6 Å². The van der Waals surface area contributed by atoms with Crippen LogP contribution in [-0.4, -0.2) is 65.7 Å². The molecule has 10 nitrogen and oxygen atoms in total. The predicted octanol–water partition coefficient (Wildman–Crippen LogP) is 1.15. The smallest absolute Gasteiger partial charge is 0.338 e. The van der Waals surface area contributed by atoms with Gasteiger partial charge in [-0.25, -0.2) is 9.78 Å². The third-order valence-electron chi connectivity index (χ3n) is 3.92. The van der Waals surface area contributed by atoms with E-state index in [0.717, 1.165) is 0 Å². The van der Waals surface area contributed by atoms with Gasteiger partial charge in [0.15, 0.2) is 0 Å². The lowest BCUT2D eigenvalue weighted by Crippen LogP contribution is -2.50. The van der Waals surface area contributed by atoms with Crippen molar-refractivity contribution in [2.24, 2.45) is 0 Å². The second-order valence-electron chi connectivity index (χ2n) is 7.62. The van der Waals surface area contributed by atoms with Gasteiger partial charge in [-0.15, -0.1) is 11.3 Å². The average molecular weight is 464 g/mol. The number of rotatable bonds is 8. The van der Waals surface area contributed by atoms with Crippen LogP contribution >= 0.6 is 11.3 Å².